The Labute approximate surface area is 295 Å². The van der Waals surface area contributed by atoms with Gasteiger partial charge in [-0.1, -0.05) is 26.0 Å². The molecule has 0 aromatic carbocycles. The number of rotatable bonds is 9. The van der Waals surface area contributed by atoms with Crippen molar-refractivity contribution in [3.8, 4) is 17.0 Å². The van der Waals surface area contributed by atoms with Crippen LogP contribution >= 0.6 is 0 Å². The summed E-state index contributed by atoms with van der Waals surface area (Å²) in [5, 5.41) is 13.8. The molecule has 1 saturated carbocycles. The highest BCUT2D eigenvalue weighted by Gasteiger charge is 2.40. The number of carbonyl (C=O) groups excluding carboxylic acids is 1. The molecule has 1 saturated heterocycles. The highest BCUT2D eigenvalue weighted by molar-refractivity contribution is 6.74. The Morgan fingerprint density at radius 2 is 1.76 bits per heavy atom. The number of piperazine rings is 1. The lowest BCUT2D eigenvalue weighted by molar-refractivity contribution is -0.00173. The van der Waals surface area contributed by atoms with E-state index in [1.54, 1.807) is 21.7 Å². The fourth-order valence-electron chi connectivity index (χ4n) is 6.24. The average molecular weight is 707 g/mol. The van der Waals surface area contributed by atoms with E-state index in [0.29, 0.717) is 30.6 Å². The maximum absolute atomic E-state index is 13.9. The molecule has 1 aliphatic carbocycles. The van der Waals surface area contributed by atoms with Gasteiger partial charge in [0.1, 0.15) is 28.4 Å². The largest absolute Gasteiger partial charge is 0.479 e. The van der Waals surface area contributed by atoms with Crippen molar-refractivity contribution in [1.29, 1.82) is 0 Å². The first-order valence-electron chi connectivity index (χ1n) is 17.5. The topological polar surface area (TPSA) is 112 Å². The molecular formula is C36H51FN8O4Si. The lowest BCUT2D eigenvalue weighted by atomic mass is 9.85. The third-order valence-electron chi connectivity index (χ3n) is 10.3. The minimum absolute atomic E-state index is 0.00692. The zero-order chi connectivity index (χ0) is 36.0. The Bertz CT molecular complexity index is 1800. The fourth-order valence-corrected chi connectivity index (χ4v) is 7.24. The summed E-state index contributed by atoms with van der Waals surface area (Å²) in [4.78, 5) is 21.1. The number of carbonyl (C=O) groups is 1. The van der Waals surface area contributed by atoms with E-state index < -0.39 is 25.8 Å². The van der Waals surface area contributed by atoms with Gasteiger partial charge >= 0.3 is 6.09 Å². The molecule has 4 aromatic rings. The van der Waals surface area contributed by atoms with Crippen LogP contribution in [0.1, 0.15) is 77.9 Å². The molecule has 2 aliphatic rings. The van der Waals surface area contributed by atoms with Gasteiger partial charge < -0.3 is 18.8 Å². The Morgan fingerprint density at radius 3 is 2.40 bits per heavy atom. The van der Waals surface area contributed by atoms with Crippen LogP contribution in [0.15, 0.2) is 42.9 Å². The van der Waals surface area contributed by atoms with Gasteiger partial charge in [0.15, 0.2) is 14.4 Å². The van der Waals surface area contributed by atoms with E-state index >= 15 is 0 Å². The third-order valence-corrected chi connectivity index (χ3v) is 14.8. The van der Waals surface area contributed by atoms with E-state index in [2.05, 4.69) is 59.2 Å². The van der Waals surface area contributed by atoms with Crippen LogP contribution in [0.4, 0.5) is 9.18 Å². The molecule has 0 N–H and O–H groups in total. The van der Waals surface area contributed by atoms with Gasteiger partial charge in [-0.15, -0.1) is 5.10 Å². The molecule has 270 valence electrons. The molecule has 6 rings (SSSR count). The van der Waals surface area contributed by atoms with E-state index in [1.165, 1.54) is 12.3 Å². The average Bonchev–Trinajstić information content (AvgIpc) is 3.65. The summed E-state index contributed by atoms with van der Waals surface area (Å²) in [7, 11) is -2.12. The predicted molar refractivity (Wildman–Crippen MR) is 191 cm³/mol. The van der Waals surface area contributed by atoms with Crippen LogP contribution in [0.5, 0.6) is 5.75 Å². The highest BCUT2D eigenvalue weighted by atomic mass is 28.4. The number of halogens is 1. The van der Waals surface area contributed by atoms with Crippen molar-refractivity contribution in [2.24, 2.45) is 0 Å². The second-order valence-corrected chi connectivity index (χ2v) is 20.9. The number of pyridine rings is 2. The second kappa shape index (κ2) is 13.7. The summed E-state index contributed by atoms with van der Waals surface area (Å²) >= 11 is 0. The molecule has 0 spiro atoms. The summed E-state index contributed by atoms with van der Waals surface area (Å²) in [5.41, 5.74) is 3.43. The Hall–Kier alpha value is -3.88. The standard InChI is InChI=1S/C36H51FN8O4Si/c1-24-33(40-41-45(24)28-19-27(20-28)42-14-16-43(17-15-42)34(46)49-35(2,3)4)25-18-31(30-12-13-39-44(30)22-25)48-32(29-11-10-26(37)21-38-29)23-47-50(8,9)36(5,6)7/h10-13,18,21-22,27-28,32H,14-17,19-20,23H2,1-9H3. The van der Waals surface area contributed by atoms with Crippen LogP contribution in [0, 0.1) is 12.7 Å². The van der Waals surface area contributed by atoms with Crippen LogP contribution in [-0.4, -0.2) is 98.2 Å². The maximum Gasteiger partial charge on any atom is 0.410 e. The van der Waals surface area contributed by atoms with Gasteiger partial charge in [-0.25, -0.2) is 18.4 Å². The Balaban J connectivity index is 1.17. The summed E-state index contributed by atoms with van der Waals surface area (Å²) in [6.07, 6.45) is 6.02. The first-order valence-corrected chi connectivity index (χ1v) is 20.4. The molecule has 14 heteroatoms. The first kappa shape index (κ1) is 35.9. The predicted octanol–water partition coefficient (Wildman–Crippen LogP) is 6.83. The van der Waals surface area contributed by atoms with Crippen LogP contribution < -0.4 is 4.74 Å². The van der Waals surface area contributed by atoms with E-state index in [4.69, 9.17) is 13.9 Å². The first-order chi connectivity index (χ1) is 23.5. The molecule has 0 radical (unpaired) electrons. The van der Waals surface area contributed by atoms with Crippen molar-refractivity contribution >= 4 is 19.9 Å². The smallest absolute Gasteiger partial charge is 0.410 e. The van der Waals surface area contributed by atoms with Crippen molar-refractivity contribution < 1.29 is 23.1 Å². The summed E-state index contributed by atoms with van der Waals surface area (Å²) in [6, 6.07) is 7.60. The molecule has 1 aliphatic heterocycles. The number of fused-ring (bicyclic) bond motifs is 1. The van der Waals surface area contributed by atoms with E-state index in [9.17, 15) is 9.18 Å². The summed E-state index contributed by atoms with van der Waals surface area (Å²) in [5.74, 6) is 0.188. The lowest BCUT2D eigenvalue weighted by Gasteiger charge is -2.46. The molecule has 1 amide bonds. The zero-order valence-corrected chi connectivity index (χ0v) is 31.8. The number of ether oxygens (including phenoxy) is 2. The lowest BCUT2D eigenvalue weighted by Crippen LogP contribution is -2.55. The van der Waals surface area contributed by atoms with Gasteiger partial charge in [0.25, 0.3) is 0 Å². The van der Waals surface area contributed by atoms with E-state index in [1.807, 2.05) is 50.7 Å². The van der Waals surface area contributed by atoms with Gasteiger partial charge in [-0.05, 0) is 82.9 Å². The third kappa shape index (κ3) is 7.71. The van der Waals surface area contributed by atoms with Crippen LogP contribution in [0.2, 0.25) is 18.1 Å². The van der Waals surface area contributed by atoms with Crippen molar-refractivity contribution in [3.63, 3.8) is 0 Å². The van der Waals surface area contributed by atoms with Crippen LogP contribution in [0.25, 0.3) is 16.8 Å². The molecule has 50 heavy (non-hydrogen) atoms. The minimum Gasteiger partial charge on any atom is -0.479 e. The van der Waals surface area contributed by atoms with Gasteiger partial charge in [0, 0.05) is 44.0 Å². The SMILES string of the molecule is Cc1c(-c2cc(OC(CO[Si](C)(C)C(C)(C)C)c3ccc(F)cn3)c3ccnn3c2)nnn1C1CC(N2CCN(C(=O)OC(C)(C)C)CC2)C1. The van der Waals surface area contributed by atoms with Crippen molar-refractivity contribution in [1.82, 2.24) is 39.4 Å². The molecule has 5 heterocycles. The molecule has 4 aromatic heterocycles. The molecule has 12 nitrogen and oxygen atoms in total. The Kier molecular flexibility index (Phi) is 9.83. The molecule has 1 atom stereocenters. The highest BCUT2D eigenvalue weighted by Crippen LogP contribution is 2.40. The monoisotopic (exact) mass is 706 g/mol. The quantitative estimate of drug-likeness (QED) is 0.173. The minimum atomic E-state index is -2.12. The maximum atomic E-state index is 13.9. The van der Waals surface area contributed by atoms with E-state index in [-0.39, 0.29) is 23.8 Å². The van der Waals surface area contributed by atoms with E-state index in [0.717, 1.165) is 48.4 Å². The number of nitrogens with zero attached hydrogens (tertiary/aromatic N) is 8. The van der Waals surface area contributed by atoms with Gasteiger partial charge in [-0.3, -0.25) is 9.88 Å². The van der Waals surface area contributed by atoms with Gasteiger partial charge in [-0.2, -0.15) is 5.10 Å². The van der Waals surface area contributed by atoms with Crippen molar-refractivity contribution in [2.75, 3.05) is 32.8 Å². The number of amides is 1. The number of aromatic nitrogens is 6. The van der Waals surface area contributed by atoms with Crippen molar-refractivity contribution in [2.45, 2.75) is 103 Å². The molecule has 1 unspecified atom stereocenters. The van der Waals surface area contributed by atoms with Gasteiger partial charge in [0.2, 0.25) is 0 Å². The zero-order valence-electron chi connectivity index (χ0n) is 30.8. The van der Waals surface area contributed by atoms with Crippen LogP contribution in [0.3, 0.4) is 0 Å². The molecule has 0 bridgehead atoms. The summed E-state index contributed by atoms with van der Waals surface area (Å²) in [6.45, 7) is 22.0. The van der Waals surface area contributed by atoms with Crippen LogP contribution in [-0.2, 0) is 9.16 Å². The second-order valence-electron chi connectivity index (χ2n) is 16.1. The molecule has 2 fully saturated rings. The number of hydrogen-bond acceptors (Lipinski definition) is 9. The fraction of sp³-hybridized carbons (Fsp3) is 0.583. The van der Waals surface area contributed by atoms with Gasteiger partial charge in [0.05, 0.1) is 36.4 Å². The number of hydrogen-bond donors (Lipinski definition) is 0. The van der Waals surface area contributed by atoms with Crippen molar-refractivity contribution in [3.05, 3.63) is 60.1 Å². The Morgan fingerprint density at radius 1 is 1.04 bits per heavy atom. The molecular weight excluding hydrogens is 656 g/mol. The summed E-state index contributed by atoms with van der Waals surface area (Å²) < 4.78 is 36.5. The normalized spacial score (nSPS) is 19.8.